The zero-order valence-corrected chi connectivity index (χ0v) is 13.4. The molecule has 21 heavy (non-hydrogen) atoms. The lowest BCUT2D eigenvalue weighted by molar-refractivity contribution is -0.132. The molecule has 0 aliphatic heterocycles. The van der Waals surface area contributed by atoms with Crippen molar-refractivity contribution in [2.45, 2.75) is 71.3 Å². The Kier molecular flexibility index (Phi) is 2.96. The zero-order chi connectivity index (χ0) is 14.8. The van der Waals surface area contributed by atoms with Crippen molar-refractivity contribution in [2.24, 2.45) is 28.6 Å². The lowest BCUT2D eigenvalue weighted by Gasteiger charge is -2.56. The second-order valence-electron chi connectivity index (χ2n) is 8.57. The highest BCUT2D eigenvalue weighted by molar-refractivity contribution is 5.87. The zero-order valence-electron chi connectivity index (χ0n) is 13.4. The highest BCUT2D eigenvalue weighted by atomic mass is 16.3. The van der Waals surface area contributed by atoms with E-state index in [1.54, 1.807) is 0 Å². The molecule has 4 aliphatic carbocycles. The number of carbonyl (C=O) groups is 1. The molecule has 1 N–H and O–H groups in total. The van der Waals surface area contributed by atoms with E-state index in [9.17, 15) is 9.90 Å². The van der Waals surface area contributed by atoms with Crippen LogP contribution < -0.4 is 0 Å². The number of hydrogen-bond donors (Lipinski definition) is 1. The summed E-state index contributed by atoms with van der Waals surface area (Å²) in [5.41, 5.74) is 1.81. The molecular weight excluding hydrogens is 260 g/mol. The Bertz CT molecular complexity index is 508. The van der Waals surface area contributed by atoms with Crippen molar-refractivity contribution in [2.75, 3.05) is 0 Å². The van der Waals surface area contributed by atoms with Crippen LogP contribution in [-0.2, 0) is 4.79 Å². The third-order valence-electron chi connectivity index (χ3n) is 7.79. The molecule has 0 aromatic carbocycles. The minimum atomic E-state index is -0.122. The number of hydrogen-bond acceptors (Lipinski definition) is 2. The minimum Gasteiger partial charge on any atom is -0.393 e. The van der Waals surface area contributed by atoms with Crippen molar-refractivity contribution in [1.29, 1.82) is 0 Å². The van der Waals surface area contributed by atoms with Gasteiger partial charge in [0.25, 0.3) is 0 Å². The fourth-order valence-corrected chi connectivity index (χ4v) is 6.41. The van der Waals surface area contributed by atoms with Gasteiger partial charge in [0, 0.05) is 11.8 Å². The van der Waals surface area contributed by atoms with Crippen LogP contribution in [0.5, 0.6) is 0 Å². The molecule has 0 heterocycles. The fraction of sp³-hybridized carbons (Fsp3) is 0.842. The monoisotopic (exact) mass is 288 g/mol. The van der Waals surface area contributed by atoms with Crippen LogP contribution in [0.15, 0.2) is 11.6 Å². The van der Waals surface area contributed by atoms with Crippen LogP contribution in [0.3, 0.4) is 0 Å². The lowest BCUT2D eigenvalue weighted by atomic mass is 9.48. The van der Waals surface area contributed by atoms with E-state index in [4.69, 9.17) is 0 Å². The lowest BCUT2D eigenvalue weighted by Crippen LogP contribution is -2.50. The highest BCUT2D eigenvalue weighted by Gasteiger charge is 2.58. The molecule has 0 aromatic heterocycles. The van der Waals surface area contributed by atoms with Crippen molar-refractivity contribution in [3.63, 3.8) is 0 Å². The molecule has 0 bridgehead atoms. The van der Waals surface area contributed by atoms with E-state index in [-0.39, 0.29) is 11.5 Å². The second-order valence-corrected chi connectivity index (χ2v) is 8.57. The van der Waals surface area contributed by atoms with E-state index in [0.29, 0.717) is 23.0 Å². The molecule has 2 nitrogen and oxygen atoms in total. The van der Waals surface area contributed by atoms with E-state index < -0.39 is 0 Å². The van der Waals surface area contributed by atoms with Crippen LogP contribution >= 0.6 is 0 Å². The molecule has 3 saturated carbocycles. The molecule has 116 valence electrons. The average molecular weight is 288 g/mol. The molecule has 2 heteroatoms. The Morgan fingerprint density at radius 3 is 2.62 bits per heavy atom. The molecule has 0 spiro atoms. The summed E-state index contributed by atoms with van der Waals surface area (Å²) in [6.45, 7) is 4.69. The Morgan fingerprint density at radius 2 is 1.81 bits per heavy atom. The first-order valence-corrected chi connectivity index (χ1v) is 8.86. The molecular formula is C19H28O2. The van der Waals surface area contributed by atoms with Gasteiger partial charge in [0.05, 0.1) is 6.10 Å². The maximum absolute atomic E-state index is 12.4. The largest absolute Gasteiger partial charge is 0.393 e. The first kappa shape index (κ1) is 14.0. The van der Waals surface area contributed by atoms with Crippen LogP contribution in [0, 0.1) is 28.6 Å². The number of carbonyl (C=O) groups excluding carboxylic acids is 1. The summed E-state index contributed by atoms with van der Waals surface area (Å²) in [5, 5.41) is 10.00. The number of aliphatic hydroxyl groups is 1. The average Bonchev–Trinajstić information content (AvgIpc) is 2.76. The highest BCUT2D eigenvalue weighted by Crippen LogP contribution is 2.63. The third kappa shape index (κ3) is 1.78. The van der Waals surface area contributed by atoms with Gasteiger partial charge in [-0.25, -0.2) is 0 Å². The Balaban J connectivity index is 1.69. The topological polar surface area (TPSA) is 37.3 Å². The smallest absolute Gasteiger partial charge is 0.139 e. The number of fused-ring (bicyclic) bond motifs is 5. The standard InChI is InChI=1S/C19H28O2/c1-18-9-7-13(20)11-12(18)3-4-14-15-5-6-17(21)19(15,2)10-8-16(14)18/h3,13-16,20H,4-11H2,1-2H3/t13-,14+,15+,16+,18+,19+/m1/s1. The van der Waals surface area contributed by atoms with Gasteiger partial charge in [0.2, 0.25) is 0 Å². The van der Waals surface area contributed by atoms with Crippen LogP contribution in [-0.4, -0.2) is 17.0 Å². The van der Waals surface area contributed by atoms with Gasteiger partial charge in [0.1, 0.15) is 5.78 Å². The van der Waals surface area contributed by atoms with Gasteiger partial charge < -0.3 is 5.11 Å². The second kappa shape index (κ2) is 4.44. The molecule has 0 unspecified atom stereocenters. The Morgan fingerprint density at radius 1 is 1.10 bits per heavy atom. The van der Waals surface area contributed by atoms with Crippen molar-refractivity contribution >= 4 is 5.78 Å². The third-order valence-corrected chi connectivity index (χ3v) is 7.79. The minimum absolute atomic E-state index is 0.0168. The molecule has 4 rings (SSSR count). The van der Waals surface area contributed by atoms with Crippen LogP contribution in [0.2, 0.25) is 0 Å². The van der Waals surface area contributed by atoms with Crippen molar-refractivity contribution in [3.05, 3.63) is 11.6 Å². The van der Waals surface area contributed by atoms with Crippen LogP contribution in [0.1, 0.15) is 65.2 Å². The number of rotatable bonds is 0. The van der Waals surface area contributed by atoms with Gasteiger partial charge in [-0.3, -0.25) is 4.79 Å². The SMILES string of the molecule is C[C@]12CC[C@@H](O)CC1=CC[C@@H]1[C@@H]2CC[C@]2(C)C(=O)CC[C@@H]12. The Hall–Kier alpha value is -0.630. The summed E-state index contributed by atoms with van der Waals surface area (Å²) in [5.74, 6) is 2.60. The van der Waals surface area contributed by atoms with Crippen LogP contribution in [0.4, 0.5) is 0 Å². The molecule has 0 saturated heterocycles. The molecule has 6 atom stereocenters. The van der Waals surface area contributed by atoms with Crippen molar-refractivity contribution in [3.8, 4) is 0 Å². The molecule has 4 aliphatic rings. The fourth-order valence-electron chi connectivity index (χ4n) is 6.41. The predicted molar refractivity (Wildman–Crippen MR) is 82.7 cm³/mol. The molecule has 0 radical (unpaired) electrons. The van der Waals surface area contributed by atoms with Gasteiger partial charge in [-0.2, -0.15) is 0 Å². The van der Waals surface area contributed by atoms with E-state index in [1.165, 1.54) is 12.0 Å². The summed E-state index contributed by atoms with van der Waals surface area (Å²) in [6, 6.07) is 0. The maximum atomic E-state index is 12.4. The van der Waals surface area contributed by atoms with Crippen molar-refractivity contribution < 1.29 is 9.90 Å². The first-order valence-electron chi connectivity index (χ1n) is 8.86. The van der Waals surface area contributed by atoms with Gasteiger partial charge in [0.15, 0.2) is 0 Å². The summed E-state index contributed by atoms with van der Waals surface area (Å²) in [7, 11) is 0. The Labute approximate surface area is 128 Å². The van der Waals surface area contributed by atoms with Gasteiger partial charge in [-0.1, -0.05) is 25.5 Å². The van der Waals surface area contributed by atoms with E-state index in [1.807, 2.05) is 0 Å². The van der Waals surface area contributed by atoms with E-state index in [0.717, 1.165) is 50.9 Å². The number of Topliss-reactive ketones (excluding diaryl/α,β-unsaturated/α-hetero) is 1. The summed E-state index contributed by atoms with van der Waals surface area (Å²) >= 11 is 0. The van der Waals surface area contributed by atoms with Crippen LogP contribution in [0.25, 0.3) is 0 Å². The van der Waals surface area contributed by atoms with Crippen molar-refractivity contribution in [1.82, 2.24) is 0 Å². The number of allylic oxidation sites excluding steroid dienone is 1. The normalized spacial score (nSPS) is 52.7. The molecule has 3 fully saturated rings. The molecule has 0 amide bonds. The quantitative estimate of drug-likeness (QED) is 0.687. The first-order chi connectivity index (χ1) is 9.95. The maximum Gasteiger partial charge on any atom is 0.139 e. The van der Waals surface area contributed by atoms with E-state index >= 15 is 0 Å². The predicted octanol–water partition coefficient (Wildman–Crippen LogP) is 3.88. The van der Waals surface area contributed by atoms with Gasteiger partial charge >= 0.3 is 0 Å². The summed E-state index contributed by atoms with van der Waals surface area (Å²) in [6.07, 6.45) is 10.7. The summed E-state index contributed by atoms with van der Waals surface area (Å²) < 4.78 is 0. The number of ketones is 1. The van der Waals surface area contributed by atoms with Gasteiger partial charge in [-0.15, -0.1) is 0 Å². The summed E-state index contributed by atoms with van der Waals surface area (Å²) in [4.78, 5) is 12.4. The van der Waals surface area contributed by atoms with Gasteiger partial charge in [-0.05, 0) is 68.1 Å². The van der Waals surface area contributed by atoms with E-state index in [2.05, 4.69) is 19.9 Å². The number of aliphatic hydroxyl groups excluding tert-OH is 1. The molecule has 0 aromatic rings.